The topological polar surface area (TPSA) is 94.2 Å². The number of alkyl halides is 3. The summed E-state index contributed by atoms with van der Waals surface area (Å²) in [5.74, 6) is -0.922. The molecule has 11 heteroatoms. The molecule has 1 amide bonds. The average molecular weight is 390 g/mol. The first-order valence-corrected chi connectivity index (χ1v) is 7.39. The predicted molar refractivity (Wildman–Crippen MR) is 87.2 cm³/mol. The molecule has 0 unspecified atom stereocenters. The van der Waals surface area contributed by atoms with Crippen molar-refractivity contribution in [1.82, 2.24) is 4.57 Å². The highest BCUT2D eigenvalue weighted by Crippen LogP contribution is 2.29. The van der Waals surface area contributed by atoms with E-state index in [9.17, 15) is 32.9 Å². The monoisotopic (exact) mass is 389 g/mol. The molecule has 0 radical (unpaired) electrons. The Morgan fingerprint density at radius 3 is 2.58 bits per heavy atom. The van der Waals surface area contributed by atoms with E-state index in [1.54, 1.807) is 6.92 Å². The second-order valence-electron chi connectivity index (χ2n) is 5.33. The van der Waals surface area contributed by atoms with Crippen LogP contribution in [0.1, 0.15) is 11.1 Å². The number of anilines is 1. The molecule has 0 aliphatic carbocycles. The Balaban J connectivity index is 2.31. The summed E-state index contributed by atoms with van der Waals surface area (Å²) in [6, 6.07) is 4.48. The lowest BCUT2D eigenvalue weighted by molar-refractivity contribution is -0.384. The van der Waals surface area contributed by atoms with E-state index < -0.39 is 39.7 Å². The van der Waals surface area contributed by atoms with Crippen molar-refractivity contribution >= 4 is 28.9 Å². The first-order valence-electron chi connectivity index (χ1n) is 7.01. The minimum Gasteiger partial charge on any atom is -0.319 e. The van der Waals surface area contributed by atoms with E-state index in [0.29, 0.717) is 22.4 Å². The number of carbonyl (C=O) groups excluding carboxylic acids is 1. The van der Waals surface area contributed by atoms with E-state index in [2.05, 4.69) is 5.32 Å². The lowest BCUT2D eigenvalue weighted by Crippen LogP contribution is -2.29. The zero-order chi connectivity index (χ0) is 19.6. The molecule has 0 aliphatic heterocycles. The fourth-order valence-electron chi connectivity index (χ4n) is 2.11. The summed E-state index contributed by atoms with van der Waals surface area (Å²) in [7, 11) is 0. The normalized spacial score (nSPS) is 11.3. The highest BCUT2D eigenvalue weighted by atomic mass is 35.5. The van der Waals surface area contributed by atoms with Crippen LogP contribution in [-0.4, -0.2) is 15.4 Å². The van der Waals surface area contributed by atoms with E-state index >= 15 is 0 Å². The Morgan fingerprint density at radius 2 is 2.00 bits per heavy atom. The molecule has 2 aromatic rings. The molecule has 1 aromatic carbocycles. The summed E-state index contributed by atoms with van der Waals surface area (Å²) < 4.78 is 38.9. The van der Waals surface area contributed by atoms with E-state index in [1.165, 1.54) is 18.2 Å². The highest BCUT2D eigenvalue weighted by Gasteiger charge is 2.32. The second-order valence-corrected chi connectivity index (χ2v) is 5.74. The summed E-state index contributed by atoms with van der Waals surface area (Å²) >= 11 is 5.50. The lowest BCUT2D eigenvalue weighted by Gasteiger charge is -2.12. The largest absolute Gasteiger partial charge is 0.417 e. The van der Waals surface area contributed by atoms with Gasteiger partial charge in [-0.1, -0.05) is 17.7 Å². The van der Waals surface area contributed by atoms with Crippen molar-refractivity contribution in [3.05, 3.63) is 67.1 Å². The number of carbonyl (C=O) groups is 1. The van der Waals surface area contributed by atoms with Crippen LogP contribution in [0.3, 0.4) is 0 Å². The Hall–Kier alpha value is -2.88. The first-order chi connectivity index (χ1) is 12.0. The molecule has 2 rings (SSSR count). The molecule has 0 saturated heterocycles. The molecule has 26 heavy (non-hydrogen) atoms. The Kier molecular flexibility index (Phi) is 5.36. The number of nitro benzene ring substituents is 1. The van der Waals surface area contributed by atoms with Crippen LogP contribution in [0.2, 0.25) is 5.02 Å². The van der Waals surface area contributed by atoms with Crippen LogP contribution in [0.15, 0.2) is 35.3 Å². The van der Waals surface area contributed by atoms with Gasteiger partial charge < -0.3 is 9.88 Å². The number of amides is 1. The molecule has 0 fully saturated rings. The van der Waals surface area contributed by atoms with E-state index in [1.807, 2.05) is 0 Å². The first kappa shape index (κ1) is 19.4. The fourth-order valence-corrected chi connectivity index (χ4v) is 2.34. The maximum atomic E-state index is 12.8. The van der Waals surface area contributed by atoms with Gasteiger partial charge in [0.15, 0.2) is 0 Å². The summed E-state index contributed by atoms with van der Waals surface area (Å²) in [6.07, 6.45) is -4.30. The van der Waals surface area contributed by atoms with Gasteiger partial charge in [-0.2, -0.15) is 13.2 Å². The lowest BCUT2D eigenvalue weighted by atomic mass is 10.2. The molecule has 0 bridgehead atoms. The number of halogens is 4. The van der Waals surface area contributed by atoms with Gasteiger partial charge in [-0.3, -0.25) is 19.7 Å². The number of hydrogen-bond acceptors (Lipinski definition) is 4. The van der Waals surface area contributed by atoms with Crippen LogP contribution in [0.25, 0.3) is 0 Å². The SMILES string of the molecule is Cc1ccc(NC(=O)Cn2cc(C(F)(F)F)cc(Cl)c2=O)c([N+](=O)[O-])c1. The molecule has 1 N–H and O–H groups in total. The molecule has 1 heterocycles. The summed E-state index contributed by atoms with van der Waals surface area (Å²) in [4.78, 5) is 34.2. The van der Waals surface area contributed by atoms with Crippen LogP contribution in [0.5, 0.6) is 0 Å². The van der Waals surface area contributed by atoms with Crippen LogP contribution in [0.4, 0.5) is 24.5 Å². The minimum atomic E-state index is -4.76. The third-order valence-corrected chi connectivity index (χ3v) is 3.58. The van der Waals surface area contributed by atoms with Crippen molar-refractivity contribution in [2.45, 2.75) is 19.6 Å². The average Bonchev–Trinajstić information content (AvgIpc) is 2.52. The van der Waals surface area contributed by atoms with Crippen molar-refractivity contribution in [2.24, 2.45) is 0 Å². The third kappa shape index (κ3) is 4.39. The highest BCUT2D eigenvalue weighted by molar-refractivity contribution is 6.30. The number of nitrogens with zero attached hydrogens (tertiary/aromatic N) is 2. The Morgan fingerprint density at radius 1 is 1.35 bits per heavy atom. The number of nitrogens with one attached hydrogen (secondary N) is 1. The maximum Gasteiger partial charge on any atom is 0.417 e. The minimum absolute atomic E-state index is 0.142. The van der Waals surface area contributed by atoms with Crippen molar-refractivity contribution in [1.29, 1.82) is 0 Å². The van der Waals surface area contributed by atoms with Gasteiger partial charge in [0, 0.05) is 12.3 Å². The number of nitro groups is 1. The smallest absolute Gasteiger partial charge is 0.319 e. The van der Waals surface area contributed by atoms with Gasteiger partial charge in [-0.15, -0.1) is 0 Å². The van der Waals surface area contributed by atoms with E-state index in [0.717, 1.165) is 0 Å². The number of aryl methyl sites for hydroxylation is 1. The molecule has 0 spiro atoms. The van der Waals surface area contributed by atoms with Gasteiger partial charge in [0.2, 0.25) is 5.91 Å². The molecule has 1 aromatic heterocycles. The molecule has 7 nitrogen and oxygen atoms in total. The van der Waals surface area contributed by atoms with E-state index in [-0.39, 0.29) is 11.4 Å². The molecule has 0 aliphatic rings. The van der Waals surface area contributed by atoms with Gasteiger partial charge in [0.05, 0.1) is 10.5 Å². The summed E-state index contributed by atoms with van der Waals surface area (Å²) in [5, 5.41) is 12.5. The van der Waals surface area contributed by atoms with Crippen molar-refractivity contribution < 1.29 is 22.9 Å². The third-order valence-electron chi connectivity index (χ3n) is 3.31. The Labute approximate surface area is 149 Å². The summed E-state index contributed by atoms with van der Waals surface area (Å²) in [6.45, 7) is 0.816. The number of pyridine rings is 1. The number of aromatic nitrogens is 1. The molecule has 138 valence electrons. The number of rotatable bonds is 4. The van der Waals surface area contributed by atoms with Gasteiger partial charge in [-0.05, 0) is 24.6 Å². The molecular formula is C15H11ClF3N3O4. The van der Waals surface area contributed by atoms with Crippen LogP contribution < -0.4 is 10.9 Å². The van der Waals surface area contributed by atoms with Gasteiger partial charge in [0.1, 0.15) is 17.3 Å². The predicted octanol–water partition coefficient (Wildman–Crippen LogP) is 3.38. The van der Waals surface area contributed by atoms with Crippen LogP contribution in [0, 0.1) is 17.0 Å². The van der Waals surface area contributed by atoms with Gasteiger partial charge in [-0.25, -0.2) is 0 Å². The Bertz CT molecular complexity index is 941. The van der Waals surface area contributed by atoms with Crippen molar-refractivity contribution in [2.75, 3.05) is 5.32 Å². The maximum absolute atomic E-state index is 12.8. The van der Waals surface area contributed by atoms with Crippen molar-refractivity contribution in [3.8, 4) is 0 Å². The molecule has 0 saturated carbocycles. The van der Waals surface area contributed by atoms with E-state index in [4.69, 9.17) is 11.6 Å². The zero-order valence-corrected chi connectivity index (χ0v) is 13.9. The molecule has 0 atom stereocenters. The van der Waals surface area contributed by atoms with Crippen LogP contribution >= 0.6 is 11.6 Å². The fraction of sp³-hybridized carbons (Fsp3) is 0.200. The van der Waals surface area contributed by atoms with Crippen molar-refractivity contribution in [3.63, 3.8) is 0 Å². The zero-order valence-electron chi connectivity index (χ0n) is 13.1. The molecular weight excluding hydrogens is 379 g/mol. The number of hydrogen-bond donors (Lipinski definition) is 1. The summed E-state index contributed by atoms with van der Waals surface area (Å²) in [5.41, 5.74) is -2.13. The number of benzene rings is 1. The second kappa shape index (κ2) is 7.16. The standard InChI is InChI=1S/C15H11ClF3N3O4/c1-8-2-3-11(12(4-8)22(25)26)20-13(23)7-21-6-9(15(17,18)19)5-10(16)14(21)24/h2-6H,7H2,1H3,(H,20,23). The van der Waals surface area contributed by atoms with Gasteiger partial charge >= 0.3 is 6.18 Å². The quantitative estimate of drug-likeness (QED) is 0.640. The van der Waals surface area contributed by atoms with Gasteiger partial charge in [0.25, 0.3) is 11.2 Å². The van der Waals surface area contributed by atoms with Crippen LogP contribution in [-0.2, 0) is 17.5 Å².